The van der Waals surface area contributed by atoms with Gasteiger partial charge in [0.25, 0.3) is 0 Å². The van der Waals surface area contributed by atoms with Gasteiger partial charge >= 0.3 is 5.97 Å². The topological polar surface area (TPSA) is 79.7 Å². The fourth-order valence-electron chi connectivity index (χ4n) is 2.06. The highest BCUT2D eigenvalue weighted by Gasteiger charge is 2.32. The molecular weight excluding hydrogens is 222 g/mol. The molecule has 1 aliphatic rings. The molecule has 2 rings (SSSR count). The minimum Gasteiger partial charge on any atom is -0.488 e. The minimum atomic E-state index is -1.05. The van der Waals surface area contributed by atoms with Crippen molar-refractivity contribution in [1.29, 1.82) is 0 Å². The van der Waals surface area contributed by atoms with Gasteiger partial charge in [-0.2, -0.15) is 0 Å². The smallest absolute Gasteiger partial charge is 0.339 e. The monoisotopic (exact) mass is 237 g/mol. The van der Waals surface area contributed by atoms with Gasteiger partial charge in [-0.25, -0.2) is 4.79 Å². The van der Waals surface area contributed by atoms with E-state index in [9.17, 15) is 9.90 Å². The Hall–Kier alpha value is -1.62. The van der Waals surface area contributed by atoms with Crippen LogP contribution in [-0.4, -0.2) is 33.4 Å². The van der Waals surface area contributed by atoms with E-state index in [1.165, 1.54) is 18.5 Å². The average Bonchev–Trinajstić information content (AvgIpc) is 2.74. The average molecular weight is 237 g/mol. The summed E-state index contributed by atoms with van der Waals surface area (Å²) in [6.07, 6.45) is 6.14. The molecule has 0 saturated heterocycles. The van der Waals surface area contributed by atoms with Crippen LogP contribution in [0.1, 0.15) is 36.0 Å². The fraction of sp³-hybridized carbons (Fsp3) is 0.500. The van der Waals surface area contributed by atoms with Crippen molar-refractivity contribution in [2.75, 3.05) is 6.61 Å². The molecule has 0 aromatic carbocycles. The van der Waals surface area contributed by atoms with Gasteiger partial charge in [0.2, 0.25) is 0 Å². The van der Waals surface area contributed by atoms with Crippen molar-refractivity contribution in [1.82, 2.24) is 4.98 Å². The molecule has 1 heterocycles. The Balaban J connectivity index is 2.06. The van der Waals surface area contributed by atoms with Crippen LogP contribution >= 0.6 is 0 Å². The van der Waals surface area contributed by atoms with Crippen LogP contribution < -0.4 is 4.74 Å². The third kappa shape index (κ3) is 2.74. The Morgan fingerprint density at radius 2 is 2.18 bits per heavy atom. The number of rotatable bonds is 4. The molecule has 0 aliphatic heterocycles. The van der Waals surface area contributed by atoms with E-state index in [2.05, 4.69) is 4.98 Å². The number of nitrogens with zero attached hydrogens (tertiary/aromatic N) is 1. The van der Waals surface area contributed by atoms with Crippen molar-refractivity contribution in [3.8, 4) is 5.75 Å². The van der Waals surface area contributed by atoms with E-state index >= 15 is 0 Å². The van der Waals surface area contributed by atoms with E-state index in [0.29, 0.717) is 12.8 Å². The number of aromatic nitrogens is 1. The number of ether oxygens (including phenoxy) is 1. The quantitative estimate of drug-likeness (QED) is 0.828. The van der Waals surface area contributed by atoms with Crippen molar-refractivity contribution in [2.45, 2.75) is 31.3 Å². The highest BCUT2D eigenvalue weighted by atomic mass is 16.5. The normalized spacial score (nSPS) is 17.9. The van der Waals surface area contributed by atoms with Gasteiger partial charge in [-0.3, -0.25) is 4.98 Å². The van der Waals surface area contributed by atoms with E-state index in [1.807, 2.05) is 0 Å². The minimum absolute atomic E-state index is 0.0709. The number of carbonyl (C=O) groups is 1. The molecule has 0 bridgehead atoms. The van der Waals surface area contributed by atoms with Gasteiger partial charge in [0, 0.05) is 6.20 Å². The number of aromatic carboxylic acids is 1. The van der Waals surface area contributed by atoms with Crippen LogP contribution in [0.25, 0.3) is 0 Å². The summed E-state index contributed by atoms with van der Waals surface area (Å²) in [5.74, 6) is -0.846. The zero-order valence-electron chi connectivity index (χ0n) is 9.43. The number of pyridine rings is 1. The van der Waals surface area contributed by atoms with E-state index < -0.39 is 11.6 Å². The summed E-state index contributed by atoms with van der Waals surface area (Å²) in [5, 5.41) is 19.0. The molecule has 0 atom stereocenters. The second kappa shape index (κ2) is 4.71. The van der Waals surface area contributed by atoms with E-state index in [4.69, 9.17) is 9.84 Å². The van der Waals surface area contributed by atoms with E-state index in [-0.39, 0.29) is 17.9 Å². The second-order valence-corrected chi connectivity index (χ2v) is 4.40. The van der Waals surface area contributed by atoms with Gasteiger partial charge in [0.1, 0.15) is 12.2 Å². The van der Waals surface area contributed by atoms with Crippen molar-refractivity contribution in [3.05, 3.63) is 24.0 Å². The fourth-order valence-corrected chi connectivity index (χ4v) is 2.06. The van der Waals surface area contributed by atoms with Gasteiger partial charge in [0.15, 0.2) is 5.75 Å². The summed E-state index contributed by atoms with van der Waals surface area (Å²) in [4.78, 5) is 14.8. The van der Waals surface area contributed by atoms with E-state index in [1.54, 1.807) is 0 Å². The standard InChI is InChI=1S/C12H15NO4/c14-11(15)9-3-6-13-7-10(9)17-8-12(16)4-1-2-5-12/h3,6-7,16H,1-2,4-5,8H2,(H,14,15). The van der Waals surface area contributed by atoms with Crippen LogP contribution in [0.5, 0.6) is 5.75 Å². The van der Waals surface area contributed by atoms with Gasteiger partial charge in [-0.1, -0.05) is 12.8 Å². The first-order valence-electron chi connectivity index (χ1n) is 5.63. The maximum absolute atomic E-state index is 10.9. The Labute approximate surface area is 99.1 Å². The van der Waals surface area contributed by atoms with Gasteiger partial charge in [0.05, 0.1) is 11.8 Å². The molecule has 1 aromatic heterocycles. The molecule has 2 N–H and O–H groups in total. The van der Waals surface area contributed by atoms with Gasteiger partial charge in [-0.05, 0) is 18.9 Å². The zero-order chi connectivity index (χ0) is 12.3. The Bertz CT molecular complexity index is 413. The van der Waals surface area contributed by atoms with Crippen LogP contribution in [0.3, 0.4) is 0 Å². The maximum atomic E-state index is 10.9. The third-order valence-corrected chi connectivity index (χ3v) is 3.05. The van der Waals surface area contributed by atoms with Crippen LogP contribution in [0.15, 0.2) is 18.5 Å². The third-order valence-electron chi connectivity index (χ3n) is 3.05. The second-order valence-electron chi connectivity index (χ2n) is 4.40. The lowest BCUT2D eigenvalue weighted by molar-refractivity contribution is 0.000797. The SMILES string of the molecule is O=C(O)c1ccncc1OCC1(O)CCCC1. The lowest BCUT2D eigenvalue weighted by Crippen LogP contribution is -2.32. The Kier molecular flexibility index (Phi) is 3.28. The van der Waals surface area contributed by atoms with Crippen molar-refractivity contribution < 1.29 is 19.7 Å². The summed E-state index contributed by atoms with van der Waals surface area (Å²) in [5.41, 5.74) is -0.743. The summed E-state index contributed by atoms with van der Waals surface area (Å²) in [7, 11) is 0. The van der Waals surface area contributed by atoms with Gasteiger partial charge < -0.3 is 14.9 Å². The highest BCUT2D eigenvalue weighted by molar-refractivity contribution is 5.90. The Morgan fingerprint density at radius 3 is 2.82 bits per heavy atom. The summed E-state index contributed by atoms with van der Waals surface area (Å²) < 4.78 is 5.39. The molecule has 92 valence electrons. The number of carboxylic acid groups (broad SMARTS) is 1. The van der Waals surface area contributed by atoms with Crippen LogP contribution in [0.4, 0.5) is 0 Å². The lowest BCUT2D eigenvalue weighted by atomic mass is 10.0. The van der Waals surface area contributed by atoms with Crippen molar-refractivity contribution >= 4 is 5.97 Å². The number of hydrogen-bond donors (Lipinski definition) is 2. The lowest BCUT2D eigenvalue weighted by Gasteiger charge is -2.22. The number of aliphatic hydroxyl groups is 1. The van der Waals surface area contributed by atoms with Crippen LogP contribution in [0.2, 0.25) is 0 Å². The molecular formula is C12H15NO4. The zero-order valence-corrected chi connectivity index (χ0v) is 9.43. The molecule has 1 aliphatic carbocycles. The Morgan fingerprint density at radius 1 is 1.47 bits per heavy atom. The molecule has 0 spiro atoms. The van der Waals surface area contributed by atoms with Crippen molar-refractivity contribution in [2.24, 2.45) is 0 Å². The molecule has 0 radical (unpaired) electrons. The van der Waals surface area contributed by atoms with E-state index in [0.717, 1.165) is 12.8 Å². The molecule has 17 heavy (non-hydrogen) atoms. The first-order valence-corrected chi connectivity index (χ1v) is 5.63. The predicted molar refractivity (Wildman–Crippen MR) is 60.1 cm³/mol. The summed E-state index contributed by atoms with van der Waals surface area (Å²) in [6.45, 7) is 0.124. The molecule has 5 nitrogen and oxygen atoms in total. The molecule has 1 saturated carbocycles. The molecule has 5 heteroatoms. The molecule has 1 aromatic rings. The number of hydrogen-bond acceptors (Lipinski definition) is 4. The predicted octanol–water partition coefficient (Wildman–Crippen LogP) is 1.46. The highest BCUT2D eigenvalue weighted by Crippen LogP contribution is 2.30. The summed E-state index contributed by atoms with van der Waals surface area (Å²) >= 11 is 0. The van der Waals surface area contributed by atoms with Crippen LogP contribution in [-0.2, 0) is 0 Å². The summed E-state index contributed by atoms with van der Waals surface area (Å²) in [6, 6.07) is 1.39. The molecule has 0 unspecified atom stereocenters. The van der Waals surface area contributed by atoms with Crippen LogP contribution in [0, 0.1) is 0 Å². The van der Waals surface area contributed by atoms with Crippen molar-refractivity contribution in [3.63, 3.8) is 0 Å². The first-order chi connectivity index (χ1) is 8.11. The molecule has 1 fully saturated rings. The van der Waals surface area contributed by atoms with Gasteiger partial charge in [-0.15, -0.1) is 0 Å². The molecule has 0 amide bonds. The largest absolute Gasteiger partial charge is 0.488 e. The first kappa shape index (κ1) is 11.9. The maximum Gasteiger partial charge on any atom is 0.339 e. The number of carboxylic acids is 1.